The number of ether oxygens (including phenoxy) is 2. The minimum Gasteiger partial charge on any atom is -0.497 e. The molecule has 0 spiro atoms. The van der Waals surface area contributed by atoms with Gasteiger partial charge in [0.2, 0.25) is 5.91 Å². The number of carbonyl (C=O) groups excluding carboxylic acids is 2. The zero-order valence-corrected chi connectivity index (χ0v) is 20.2. The van der Waals surface area contributed by atoms with Crippen LogP contribution in [0.5, 0.6) is 5.75 Å². The third-order valence-electron chi connectivity index (χ3n) is 5.17. The molecule has 4 rings (SSSR count). The first-order chi connectivity index (χ1) is 15.7. The topological polar surface area (TPSA) is 102 Å². The van der Waals surface area contributed by atoms with Gasteiger partial charge in [0.25, 0.3) is 10.0 Å². The van der Waals surface area contributed by atoms with Crippen molar-refractivity contribution in [3.8, 4) is 16.2 Å². The summed E-state index contributed by atoms with van der Waals surface area (Å²) in [6, 6.07) is 11.9. The first kappa shape index (κ1) is 23.1. The molecule has 1 N–H and O–H groups in total. The summed E-state index contributed by atoms with van der Waals surface area (Å²) >= 11 is 7.02. The van der Waals surface area contributed by atoms with E-state index >= 15 is 0 Å². The minimum atomic E-state index is -4.34. The number of sulfonamides is 1. The molecule has 1 amide bonds. The largest absolute Gasteiger partial charge is 0.497 e. The predicted molar refractivity (Wildman–Crippen MR) is 127 cm³/mol. The number of thiophene rings is 1. The zero-order valence-electron chi connectivity index (χ0n) is 17.8. The monoisotopic (exact) mass is 506 g/mol. The van der Waals surface area contributed by atoms with Crippen molar-refractivity contribution >= 4 is 56.2 Å². The highest BCUT2D eigenvalue weighted by molar-refractivity contribution is 7.93. The van der Waals surface area contributed by atoms with Crippen molar-refractivity contribution in [2.24, 2.45) is 0 Å². The molecule has 172 valence electrons. The number of benzene rings is 2. The number of methoxy groups -OCH3 is 2. The van der Waals surface area contributed by atoms with E-state index in [1.165, 1.54) is 38.3 Å². The lowest BCUT2D eigenvalue weighted by Gasteiger charge is -2.35. The molecule has 1 aliphatic rings. The van der Waals surface area contributed by atoms with Crippen LogP contribution in [0.4, 0.5) is 11.4 Å². The highest BCUT2D eigenvalue weighted by Gasteiger charge is 2.41. The predicted octanol–water partition coefficient (Wildman–Crippen LogP) is 4.40. The van der Waals surface area contributed by atoms with Crippen molar-refractivity contribution in [1.29, 1.82) is 0 Å². The number of hydrogen-bond donors (Lipinski definition) is 1. The van der Waals surface area contributed by atoms with Gasteiger partial charge in [0, 0.05) is 9.90 Å². The van der Waals surface area contributed by atoms with E-state index in [-0.39, 0.29) is 21.1 Å². The number of anilines is 2. The Morgan fingerprint density at radius 3 is 2.45 bits per heavy atom. The smallest absolute Gasteiger partial charge is 0.349 e. The van der Waals surface area contributed by atoms with E-state index in [1.807, 2.05) is 0 Å². The van der Waals surface area contributed by atoms with Crippen LogP contribution in [0.2, 0.25) is 5.02 Å². The lowest BCUT2D eigenvalue weighted by atomic mass is 10.1. The Morgan fingerprint density at radius 2 is 1.82 bits per heavy atom. The third-order valence-corrected chi connectivity index (χ3v) is 8.60. The molecule has 0 fully saturated rings. The van der Waals surface area contributed by atoms with Gasteiger partial charge in [-0.15, -0.1) is 11.3 Å². The van der Waals surface area contributed by atoms with Crippen molar-refractivity contribution in [3.05, 3.63) is 58.4 Å². The van der Waals surface area contributed by atoms with Crippen LogP contribution in [-0.2, 0) is 19.6 Å². The molecule has 33 heavy (non-hydrogen) atoms. The number of amides is 1. The molecule has 0 bridgehead atoms. The molecular weight excluding hydrogens is 488 g/mol. The molecule has 2 heterocycles. The van der Waals surface area contributed by atoms with E-state index in [1.54, 1.807) is 31.4 Å². The second-order valence-electron chi connectivity index (χ2n) is 7.15. The van der Waals surface area contributed by atoms with Gasteiger partial charge in [-0.1, -0.05) is 11.6 Å². The lowest BCUT2D eigenvalue weighted by Crippen LogP contribution is -2.49. The van der Waals surface area contributed by atoms with Gasteiger partial charge in [0.05, 0.1) is 25.6 Å². The first-order valence-corrected chi connectivity index (χ1v) is 12.3. The second-order valence-corrected chi connectivity index (χ2v) is 10.4. The van der Waals surface area contributed by atoms with Crippen molar-refractivity contribution in [1.82, 2.24) is 0 Å². The summed E-state index contributed by atoms with van der Waals surface area (Å²) < 4.78 is 38.8. The maximum atomic E-state index is 13.9. The highest BCUT2D eigenvalue weighted by Crippen LogP contribution is 2.42. The van der Waals surface area contributed by atoms with Gasteiger partial charge in [-0.3, -0.25) is 9.10 Å². The number of nitrogens with zero attached hydrogens (tertiary/aromatic N) is 1. The quantitative estimate of drug-likeness (QED) is 0.514. The normalized spacial score (nSPS) is 15.6. The molecule has 1 atom stereocenters. The molecule has 11 heteroatoms. The van der Waals surface area contributed by atoms with Gasteiger partial charge < -0.3 is 14.8 Å². The van der Waals surface area contributed by atoms with E-state index in [2.05, 4.69) is 5.32 Å². The highest BCUT2D eigenvalue weighted by atomic mass is 35.5. The van der Waals surface area contributed by atoms with Crippen LogP contribution < -0.4 is 14.4 Å². The van der Waals surface area contributed by atoms with E-state index in [4.69, 9.17) is 21.1 Å². The van der Waals surface area contributed by atoms with Gasteiger partial charge in [0.15, 0.2) is 0 Å². The minimum absolute atomic E-state index is 0.0861. The van der Waals surface area contributed by atoms with Gasteiger partial charge in [-0.2, -0.15) is 0 Å². The standard InChI is InChI=1S/C22H19ClN2O6S2/c1-12-21(26)24-16-10-14(23)6-9-17(16)25(12)33(28,29)19-11-18(32-20(19)22(27)31-3)13-4-7-15(30-2)8-5-13/h4-12H,1-3H3,(H,24,26). The number of halogens is 1. The lowest BCUT2D eigenvalue weighted by molar-refractivity contribution is -0.117. The number of carbonyl (C=O) groups is 2. The number of nitrogens with one attached hydrogen (secondary N) is 1. The average Bonchev–Trinajstić information content (AvgIpc) is 3.26. The summed E-state index contributed by atoms with van der Waals surface area (Å²) in [4.78, 5) is 25.3. The molecule has 1 aliphatic heterocycles. The fourth-order valence-electron chi connectivity index (χ4n) is 3.49. The van der Waals surface area contributed by atoms with E-state index in [0.29, 0.717) is 21.2 Å². The number of esters is 1. The molecule has 0 aliphatic carbocycles. The summed E-state index contributed by atoms with van der Waals surface area (Å²) in [5.41, 5.74) is 1.21. The number of fused-ring (bicyclic) bond motifs is 1. The molecule has 2 aromatic carbocycles. The van der Waals surface area contributed by atoms with Crippen molar-refractivity contribution in [2.75, 3.05) is 23.8 Å². The van der Waals surface area contributed by atoms with E-state index < -0.39 is 27.9 Å². The fourth-order valence-corrected chi connectivity index (χ4v) is 6.89. The van der Waals surface area contributed by atoms with Crippen LogP contribution in [0, 0.1) is 0 Å². The van der Waals surface area contributed by atoms with Gasteiger partial charge >= 0.3 is 5.97 Å². The molecule has 1 unspecified atom stereocenters. The zero-order chi connectivity index (χ0) is 23.9. The average molecular weight is 507 g/mol. The molecule has 1 aromatic heterocycles. The van der Waals surface area contributed by atoms with Crippen LogP contribution in [0.15, 0.2) is 53.4 Å². The molecular formula is C22H19ClN2O6S2. The number of rotatable bonds is 5. The molecule has 8 nitrogen and oxygen atoms in total. The summed E-state index contributed by atoms with van der Waals surface area (Å²) in [7, 11) is -1.62. The van der Waals surface area contributed by atoms with Gasteiger partial charge in [0.1, 0.15) is 21.6 Å². The van der Waals surface area contributed by atoms with Crippen LogP contribution >= 0.6 is 22.9 Å². The molecule has 0 radical (unpaired) electrons. The maximum absolute atomic E-state index is 13.9. The van der Waals surface area contributed by atoms with Crippen molar-refractivity contribution in [3.63, 3.8) is 0 Å². The third kappa shape index (κ3) is 4.05. The Labute approximate surface area is 199 Å². The Kier molecular flexibility index (Phi) is 6.08. The first-order valence-electron chi connectivity index (χ1n) is 9.68. The van der Waals surface area contributed by atoms with Gasteiger partial charge in [-0.25, -0.2) is 13.2 Å². The Hall–Kier alpha value is -3.08. The maximum Gasteiger partial charge on any atom is 0.349 e. The Morgan fingerprint density at radius 1 is 1.12 bits per heavy atom. The van der Waals surface area contributed by atoms with Crippen LogP contribution in [0.1, 0.15) is 16.6 Å². The van der Waals surface area contributed by atoms with Crippen LogP contribution in [0.25, 0.3) is 10.4 Å². The summed E-state index contributed by atoms with van der Waals surface area (Å²) in [6.45, 7) is 1.47. The SMILES string of the molecule is COC(=O)c1sc(-c2ccc(OC)cc2)cc1S(=O)(=O)N1c2ccc(Cl)cc2NC(=O)C1C. The number of hydrogen-bond acceptors (Lipinski definition) is 7. The molecule has 0 saturated heterocycles. The van der Waals surface area contributed by atoms with Gasteiger partial charge in [-0.05, 0) is 61.0 Å². The van der Waals surface area contributed by atoms with Crippen molar-refractivity contribution in [2.45, 2.75) is 17.9 Å². The Bertz CT molecular complexity index is 1350. The second kappa shape index (κ2) is 8.69. The summed E-state index contributed by atoms with van der Waals surface area (Å²) in [6.07, 6.45) is 0. The van der Waals surface area contributed by atoms with Crippen LogP contribution in [-0.4, -0.2) is 40.6 Å². The Balaban J connectivity index is 1.89. The fraction of sp³-hybridized carbons (Fsp3) is 0.182. The van der Waals surface area contributed by atoms with Crippen LogP contribution in [0.3, 0.4) is 0 Å². The molecule has 0 saturated carbocycles. The van der Waals surface area contributed by atoms with E-state index in [0.717, 1.165) is 15.6 Å². The molecule has 3 aromatic rings. The van der Waals surface area contributed by atoms with E-state index in [9.17, 15) is 18.0 Å². The summed E-state index contributed by atoms with van der Waals surface area (Å²) in [5.74, 6) is -0.665. The van der Waals surface area contributed by atoms with Crippen molar-refractivity contribution < 1.29 is 27.5 Å². The summed E-state index contributed by atoms with van der Waals surface area (Å²) in [5, 5.41) is 3.01.